The van der Waals surface area contributed by atoms with Gasteiger partial charge in [0.25, 0.3) is 0 Å². The van der Waals surface area contributed by atoms with Crippen molar-refractivity contribution in [1.82, 2.24) is 5.32 Å². The van der Waals surface area contributed by atoms with Crippen LogP contribution in [0.3, 0.4) is 0 Å². The van der Waals surface area contributed by atoms with Gasteiger partial charge in [0.1, 0.15) is 0 Å². The van der Waals surface area contributed by atoms with Gasteiger partial charge in [0.15, 0.2) is 6.10 Å². The predicted octanol–water partition coefficient (Wildman–Crippen LogP) is 1.000. The summed E-state index contributed by atoms with van der Waals surface area (Å²) >= 11 is 0. The Kier molecular flexibility index (Phi) is 7.34. The zero-order valence-electron chi connectivity index (χ0n) is 12.2. The summed E-state index contributed by atoms with van der Waals surface area (Å²) in [5.41, 5.74) is 1.02. The van der Waals surface area contributed by atoms with E-state index in [-0.39, 0.29) is 13.0 Å². The standard InChI is InChI=1S/C14H20N2O5/c1-20-13(14(17)21-2)12(8-9-16(18)19)15-10-11-6-4-3-5-7-11/h3-7,12-13,15H,8-10H2,1-2H3/t12-,13-/m1/s1. The molecule has 0 radical (unpaired) electrons. The van der Waals surface area contributed by atoms with Crippen LogP contribution in [0.25, 0.3) is 0 Å². The quantitative estimate of drug-likeness (QED) is 0.415. The smallest absolute Gasteiger partial charge is 0.336 e. The summed E-state index contributed by atoms with van der Waals surface area (Å²) in [6.07, 6.45) is -0.702. The van der Waals surface area contributed by atoms with Crippen molar-refractivity contribution in [2.75, 3.05) is 20.8 Å². The Labute approximate surface area is 123 Å². The van der Waals surface area contributed by atoms with Crippen LogP contribution in [0.2, 0.25) is 0 Å². The fraction of sp³-hybridized carbons (Fsp3) is 0.500. The molecule has 0 aliphatic carbocycles. The van der Waals surface area contributed by atoms with Gasteiger partial charge in [-0.05, 0) is 5.56 Å². The largest absolute Gasteiger partial charge is 0.467 e. The lowest BCUT2D eigenvalue weighted by molar-refractivity contribution is -0.481. The second-order valence-electron chi connectivity index (χ2n) is 4.50. The lowest BCUT2D eigenvalue weighted by atomic mass is 10.1. The molecule has 0 aromatic heterocycles. The Morgan fingerprint density at radius 2 is 2.00 bits per heavy atom. The summed E-state index contributed by atoms with van der Waals surface area (Å²) < 4.78 is 9.80. The summed E-state index contributed by atoms with van der Waals surface area (Å²) in [6, 6.07) is 9.07. The maximum Gasteiger partial charge on any atom is 0.336 e. The number of carbonyl (C=O) groups is 1. The van der Waals surface area contributed by atoms with Crippen LogP contribution in [-0.4, -0.2) is 43.8 Å². The SMILES string of the molecule is COC(=O)[C@H](OC)[C@@H](CC[N+](=O)[O-])NCc1ccccc1. The molecule has 0 fully saturated rings. The number of carbonyl (C=O) groups excluding carboxylic acids is 1. The van der Waals surface area contributed by atoms with E-state index in [1.165, 1.54) is 14.2 Å². The third-order valence-corrected chi connectivity index (χ3v) is 3.09. The Morgan fingerprint density at radius 3 is 2.52 bits per heavy atom. The fourth-order valence-corrected chi connectivity index (χ4v) is 1.99. The maximum atomic E-state index is 11.7. The minimum Gasteiger partial charge on any atom is -0.467 e. The molecular weight excluding hydrogens is 276 g/mol. The molecule has 0 aliphatic rings. The number of ether oxygens (including phenoxy) is 2. The Morgan fingerprint density at radius 1 is 1.33 bits per heavy atom. The zero-order chi connectivity index (χ0) is 15.7. The summed E-state index contributed by atoms with van der Waals surface area (Å²) in [6.45, 7) is 0.239. The zero-order valence-corrected chi connectivity index (χ0v) is 12.2. The number of nitro groups is 1. The first-order valence-corrected chi connectivity index (χ1v) is 6.58. The van der Waals surface area contributed by atoms with Gasteiger partial charge < -0.3 is 14.8 Å². The minimum absolute atomic E-state index is 0.174. The molecule has 21 heavy (non-hydrogen) atoms. The van der Waals surface area contributed by atoms with Crippen LogP contribution in [0.5, 0.6) is 0 Å². The maximum absolute atomic E-state index is 11.7. The van der Waals surface area contributed by atoms with Crippen molar-refractivity contribution >= 4 is 5.97 Å². The number of hydrogen-bond donors (Lipinski definition) is 1. The predicted molar refractivity (Wildman–Crippen MR) is 76.4 cm³/mol. The monoisotopic (exact) mass is 296 g/mol. The first-order valence-electron chi connectivity index (χ1n) is 6.58. The lowest BCUT2D eigenvalue weighted by Gasteiger charge is -2.24. The molecule has 0 spiro atoms. The van der Waals surface area contributed by atoms with E-state index in [4.69, 9.17) is 4.74 Å². The molecule has 1 aromatic carbocycles. The second kappa shape index (κ2) is 9.04. The van der Waals surface area contributed by atoms with Gasteiger partial charge in [0, 0.05) is 25.0 Å². The van der Waals surface area contributed by atoms with E-state index >= 15 is 0 Å². The molecule has 0 aliphatic heterocycles. The Hall–Kier alpha value is -1.99. The van der Waals surface area contributed by atoms with E-state index in [0.717, 1.165) is 5.56 Å². The molecular formula is C14H20N2O5. The summed E-state index contributed by atoms with van der Waals surface area (Å²) in [4.78, 5) is 21.8. The van der Waals surface area contributed by atoms with Gasteiger partial charge in [-0.25, -0.2) is 4.79 Å². The number of nitrogens with zero attached hydrogens (tertiary/aromatic N) is 1. The molecule has 1 N–H and O–H groups in total. The van der Waals surface area contributed by atoms with Crippen molar-refractivity contribution in [3.05, 3.63) is 46.0 Å². The van der Waals surface area contributed by atoms with Crippen molar-refractivity contribution in [2.24, 2.45) is 0 Å². The number of nitrogens with one attached hydrogen (secondary N) is 1. The highest BCUT2D eigenvalue weighted by atomic mass is 16.6. The van der Waals surface area contributed by atoms with E-state index in [2.05, 4.69) is 10.1 Å². The number of methoxy groups -OCH3 is 2. The normalized spacial score (nSPS) is 13.4. The van der Waals surface area contributed by atoms with E-state index in [0.29, 0.717) is 6.54 Å². The van der Waals surface area contributed by atoms with Crippen molar-refractivity contribution in [3.63, 3.8) is 0 Å². The van der Waals surface area contributed by atoms with Crippen LogP contribution in [0.4, 0.5) is 0 Å². The molecule has 0 heterocycles. The molecule has 116 valence electrons. The average Bonchev–Trinajstić information content (AvgIpc) is 2.50. The molecule has 0 bridgehead atoms. The van der Waals surface area contributed by atoms with E-state index < -0.39 is 23.0 Å². The van der Waals surface area contributed by atoms with Crippen LogP contribution in [-0.2, 0) is 20.8 Å². The first-order chi connectivity index (χ1) is 10.1. The number of benzene rings is 1. The summed E-state index contributed by atoms with van der Waals surface area (Å²) in [5, 5.41) is 13.7. The van der Waals surface area contributed by atoms with Gasteiger partial charge in [-0.2, -0.15) is 0 Å². The molecule has 0 unspecified atom stereocenters. The Bertz CT molecular complexity index is 452. The Balaban J connectivity index is 2.70. The lowest BCUT2D eigenvalue weighted by Crippen LogP contribution is -2.46. The van der Waals surface area contributed by atoms with Crippen LogP contribution in [0.15, 0.2) is 30.3 Å². The van der Waals surface area contributed by atoms with Crippen LogP contribution >= 0.6 is 0 Å². The van der Waals surface area contributed by atoms with E-state index in [1.54, 1.807) is 0 Å². The minimum atomic E-state index is -0.876. The van der Waals surface area contributed by atoms with Gasteiger partial charge in [0.2, 0.25) is 6.54 Å². The molecule has 7 nitrogen and oxygen atoms in total. The molecule has 0 saturated carbocycles. The highest BCUT2D eigenvalue weighted by Crippen LogP contribution is 2.08. The van der Waals surface area contributed by atoms with Crippen LogP contribution < -0.4 is 5.32 Å². The van der Waals surface area contributed by atoms with E-state index in [9.17, 15) is 14.9 Å². The topological polar surface area (TPSA) is 90.7 Å². The van der Waals surface area contributed by atoms with Crippen molar-refractivity contribution < 1.29 is 19.2 Å². The molecule has 7 heteroatoms. The highest BCUT2D eigenvalue weighted by Gasteiger charge is 2.30. The van der Waals surface area contributed by atoms with Gasteiger partial charge in [-0.3, -0.25) is 10.1 Å². The molecule has 0 amide bonds. The highest BCUT2D eigenvalue weighted by molar-refractivity contribution is 5.75. The van der Waals surface area contributed by atoms with Gasteiger partial charge >= 0.3 is 5.97 Å². The molecule has 1 rings (SSSR count). The van der Waals surface area contributed by atoms with Gasteiger partial charge in [0.05, 0.1) is 13.2 Å². The first kappa shape index (κ1) is 17.1. The van der Waals surface area contributed by atoms with Gasteiger partial charge in [-0.15, -0.1) is 0 Å². The fourth-order valence-electron chi connectivity index (χ4n) is 1.99. The second-order valence-corrected chi connectivity index (χ2v) is 4.50. The number of esters is 1. The summed E-state index contributed by atoms with van der Waals surface area (Å²) in [5.74, 6) is -0.550. The van der Waals surface area contributed by atoms with Gasteiger partial charge in [-0.1, -0.05) is 30.3 Å². The molecule has 1 aromatic rings. The van der Waals surface area contributed by atoms with Crippen molar-refractivity contribution in [1.29, 1.82) is 0 Å². The molecule has 2 atom stereocenters. The van der Waals surface area contributed by atoms with E-state index in [1.807, 2.05) is 30.3 Å². The van der Waals surface area contributed by atoms with Crippen molar-refractivity contribution in [2.45, 2.75) is 25.1 Å². The van der Waals surface area contributed by atoms with Crippen molar-refractivity contribution in [3.8, 4) is 0 Å². The number of hydrogen-bond acceptors (Lipinski definition) is 6. The average molecular weight is 296 g/mol. The van der Waals surface area contributed by atoms with Crippen LogP contribution in [0.1, 0.15) is 12.0 Å². The molecule has 0 saturated heterocycles. The summed E-state index contributed by atoms with van der Waals surface area (Å²) in [7, 11) is 2.64. The third kappa shape index (κ3) is 5.88. The number of rotatable bonds is 9. The van der Waals surface area contributed by atoms with Crippen LogP contribution in [0, 0.1) is 10.1 Å². The third-order valence-electron chi connectivity index (χ3n) is 3.09.